The lowest BCUT2D eigenvalue weighted by Crippen LogP contribution is -2.56. The molecule has 15 heavy (non-hydrogen) atoms. The smallest absolute Gasteiger partial charge is 0.312 e. The van der Waals surface area contributed by atoms with E-state index >= 15 is 0 Å². The van der Waals surface area contributed by atoms with Crippen molar-refractivity contribution in [1.82, 2.24) is 9.80 Å². The predicted molar refractivity (Wildman–Crippen MR) is 55.1 cm³/mol. The molecule has 0 saturated carbocycles. The summed E-state index contributed by atoms with van der Waals surface area (Å²) in [6.45, 7) is 6.90. The molecule has 0 aromatic rings. The van der Waals surface area contributed by atoms with E-state index in [0.717, 1.165) is 0 Å². The maximum Gasteiger partial charge on any atom is 0.312 e. The van der Waals surface area contributed by atoms with Gasteiger partial charge in [0.2, 0.25) is 0 Å². The van der Waals surface area contributed by atoms with E-state index in [-0.39, 0.29) is 6.54 Å². The Hall–Kier alpha value is -1.10. The van der Waals surface area contributed by atoms with E-state index in [4.69, 9.17) is 0 Å². The second-order valence-electron chi connectivity index (χ2n) is 4.42. The molecule has 0 bridgehead atoms. The van der Waals surface area contributed by atoms with Crippen molar-refractivity contribution in [3.63, 3.8) is 0 Å². The van der Waals surface area contributed by atoms with Crippen LogP contribution in [0.15, 0.2) is 0 Å². The van der Waals surface area contributed by atoms with Crippen LogP contribution < -0.4 is 0 Å². The van der Waals surface area contributed by atoms with Gasteiger partial charge in [0.1, 0.15) is 0 Å². The summed E-state index contributed by atoms with van der Waals surface area (Å²) < 4.78 is 0. The van der Waals surface area contributed by atoms with E-state index in [1.165, 1.54) is 9.80 Å². The van der Waals surface area contributed by atoms with Crippen molar-refractivity contribution in [3.05, 3.63) is 0 Å². The molecular weight excluding hydrogens is 196 g/mol. The molecule has 0 aliphatic carbocycles. The van der Waals surface area contributed by atoms with Crippen molar-refractivity contribution in [2.45, 2.75) is 26.4 Å². The van der Waals surface area contributed by atoms with Crippen LogP contribution in [0.25, 0.3) is 0 Å². The van der Waals surface area contributed by atoms with Crippen molar-refractivity contribution >= 4 is 11.8 Å². The first-order valence-electron chi connectivity index (χ1n) is 5.15. The fraction of sp³-hybridized carbons (Fsp3) is 0.800. The lowest BCUT2D eigenvalue weighted by atomic mass is 10.1. The van der Waals surface area contributed by atoms with Crippen LogP contribution in [0.5, 0.6) is 0 Å². The van der Waals surface area contributed by atoms with Crippen molar-refractivity contribution in [3.8, 4) is 0 Å². The second-order valence-corrected chi connectivity index (χ2v) is 4.42. The molecule has 1 saturated heterocycles. The SMILES string of the molecule is CCN1CCN(CC(C)(C)O)C(=O)C1=O. The summed E-state index contributed by atoms with van der Waals surface area (Å²) >= 11 is 0. The highest BCUT2D eigenvalue weighted by Crippen LogP contribution is 2.10. The fourth-order valence-electron chi connectivity index (χ4n) is 1.63. The largest absolute Gasteiger partial charge is 0.389 e. The Morgan fingerprint density at radius 2 is 1.67 bits per heavy atom. The van der Waals surface area contributed by atoms with Crippen LogP contribution in [-0.2, 0) is 9.59 Å². The molecule has 5 heteroatoms. The van der Waals surface area contributed by atoms with Crippen LogP contribution in [-0.4, -0.2) is 58.5 Å². The number of piperazine rings is 1. The van der Waals surface area contributed by atoms with Crippen molar-refractivity contribution in [2.24, 2.45) is 0 Å². The highest BCUT2D eigenvalue weighted by atomic mass is 16.3. The molecule has 2 amide bonds. The van der Waals surface area contributed by atoms with Gasteiger partial charge in [0.05, 0.1) is 5.60 Å². The molecule has 0 aromatic carbocycles. The summed E-state index contributed by atoms with van der Waals surface area (Å²) in [7, 11) is 0. The highest BCUT2D eigenvalue weighted by molar-refractivity contribution is 6.35. The van der Waals surface area contributed by atoms with Crippen molar-refractivity contribution < 1.29 is 14.7 Å². The molecule has 0 aromatic heterocycles. The summed E-state index contributed by atoms with van der Waals surface area (Å²) in [6.07, 6.45) is 0. The number of rotatable bonds is 3. The Balaban J connectivity index is 2.65. The zero-order valence-electron chi connectivity index (χ0n) is 9.49. The van der Waals surface area contributed by atoms with Gasteiger partial charge in [-0.15, -0.1) is 0 Å². The van der Waals surface area contributed by atoms with Crippen LogP contribution in [0.3, 0.4) is 0 Å². The lowest BCUT2D eigenvalue weighted by molar-refractivity contribution is -0.157. The summed E-state index contributed by atoms with van der Waals surface area (Å²) in [5.74, 6) is -0.974. The van der Waals surface area contributed by atoms with Crippen LogP contribution in [0.1, 0.15) is 20.8 Å². The topological polar surface area (TPSA) is 60.9 Å². The number of carbonyl (C=O) groups is 2. The van der Waals surface area contributed by atoms with E-state index in [9.17, 15) is 14.7 Å². The number of nitrogens with zero attached hydrogens (tertiary/aromatic N) is 2. The molecule has 1 heterocycles. The minimum Gasteiger partial charge on any atom is -0.389 e. The summed E-state index contributed by atoms with van der Waals surface area (Å²) in [5, 5.41) is 9.58. The average Bonchev–Trinajstić information content (AvgIpc) is 2.11. The normalized spacial score (nSPS) is 18.7. The Kier molecular flexibility index (Phi) is 3.34. The predicted octanol–water partition coefficient (Wildman–Crippen LogP) is -0.552. The number of hydrogen-bond acceptors (Lipinski definition) is 3. The molecule has 0 atom stereocenters. The molecule has 1 N–H and O–H groups in total. The number of amides is 2. The van der Waals surface area contributed by atoms with Gasteiger partial charge in [0, 0.05) is 26.2 Å². The van der Waals surface area contributed by atoms with Crippen LogP contribution in [0.2, 0.25) is 0 Å². The van der Waals surface area contributed by atoms with Crippen molar-refractivity contribution in [1.29, 1.82) is 0 Å². The number of aliphatic hydroxyl groups is 1. The van der Waals surface area contributed by atoms with Gasteiger partial charge in [-0.05, 0) is 20.8 Å². The summed E-state index contributed by atoms with van der Waals surface area (Å²) in [5.41, 5.74) is -0.954. The lowest BCUT2D eigenvalue weighted by Gasteiger charge is -2.35. The summed E-state index contributed by atoms with van der Waals surface area (Å²) in [6, 6.07) is 0. The molecule has 1 aliphatic rings. The van der Waals surface area contributed by atoms with Crippen LogP contribution >= 0.6 is 0 Å². The molecule has 5 nitrogen and oxygen atoms in total. The van der Waals surface area contributed by atoms with E-state index in [1.807, 2.05) is 6.92 Å². The third kappa shape index (κ3) is 2.92. The van der Waals surface area contributed by atoms with Gasteiger partial charge in [-0.1, -0.05) is 0 Å². The molecule has 0 spiro atoms. The third-order valence-electron chi connectivity index (χ3n) is 2.36. The molecular formula is C10H18N2O3. The Morgan fingerprint density at radius 3 is 2.13 bits per heavy atom. The van der Waals surface area contributed by atoms with Gasteiger partial charge in [-0.25, -0.2) is 0 Å². The average molecular weight is 214 g/mol. The Labute approximate surface area is 89.7 Å². The standard InChI is InChI=1S/C10H18N2O3/c1-4-11-5-6-12(7-10(2,3)15)9(14)8(11)13/h15H,4-7H2,1-3H3. The number of hydrogen-bond donors (Lipinski definition) is 1. The zero-order valence-corrected chi connectivity index (χ0v) is 9.49. The quantitative estimate of drug-likeness (QED) is 0.641. The third-order valence-corrected chi connectivity index (χ3v) is 2.36. The number of carbonyl (C=O) groups excluding carboxylic acids is 2. The minimum absolute atomic E-state index is 0.203. The number of likely N-dealkylation sites (N-methyl/N-ethyl adjacent to an activating group) is 1. The maximum atomic E-state index is 11.6. The van der Waals surface area contributed by atoms with Gasteiger partial charge in [0.15, 0.2) is 0 Å². The zero-order chi connectivity index (χ0) is 11.6. The van der Waals surface area contributed by atoms with Gasteiger partial charge in [-0.3, -0.25) is 9.59 Å². The van der Waals surface area contributed by atoms with Crippen molar-refractivity contribution in [2.75, 3.05) is 26.2 Å². The summed E-state index contributed by atoms with van der Waals surface area (Å²) in [4.78, 5) is 26.0. The Bertz CT molecular complexity index is 270. The van der Waals surface area contributed by atoms with Gasteiger partial charge in [0.25, 0.3) is 0 Å². The molecule has 1 fully saturated rings. The molecule has 1 rings (SSSR count). The first-order chi connectivity index (χ1) is 6.85. The molecule has 1 aliphatic heterocycles. The minimum atomic E-state index is -0.954. The van der Waals surface area contributed by atoms with Gasteiger partial charge >= 0.3 is 11.8 Å². The molecule has 86 valence electrons. The maximum absolute atomic E-state index is 11.6. The first kappa shape index (κ1) is 12.0. The van der Waals surface area contributed by atoms with E-state index in [2.05, 4.69) is 0 Å². The van der Waals surface area contributed by atoms with E-state index < -0.39 is 17.4 Å². The van der Waals surface area contributed by atoms with E-state index in [1.54, 1.807) is 13.8 Å². The van der Waals surface area contributed by atoms with E-state index in [0.29, 0.717) is 19.6 Å². The molecule has 0 radical (unpaired) electrons. The Morgan fingerprint density at radius 1 is 1.20 bits per heavy atom. The van der Waals surface area contributed by atoms with Gasteiger partial charge in [-0.2, -0.15) is 0 Å². The van der Waals surface area contributed by atoms with Crippen LogP contribution in [0, 0.1) is 0 Å². The second kappa shape index (κ2) is 4.18. The monoisotopic (exact) mass is 214 g/mol. The highest BCUT2D eigenvalue weighted by Gasteiger charge is 2.33. The first-order valence-corrected chi connectivity index (χ1v) is 5.15. The van der Waals surface area contributed by atoms with Crippen LogP contribution in [0.4, 0.5) is 0 Å². The fourth-order valence-corrected chi connectivity index (χ4v) is 1.63. The number of β-amino-alcohol motifs (C(OH)–C–C–N with tert-alkyl or cyclic N) is 1. The molecule has 0 unspecified atom stereocenters. The van der Waals surface area contributed by atoms with Gasteiger partial charge < -0.3 is 14.9 Å².